The Morgan fingerprint density at radius 3 is 2.23 bits per heavy atom. The zero-order chi connectivity index (χ0) is 22.3. The monoisotopic (exact) mass is 431 g/mol. The molecule has 0 bridgehead atoms. The number of halogens is 6. The van der Waals surface area contributed by atoms with Crippen LogP contribution in [-0.2, 0) is 21.9 Å². The zero-order valence-electron chi connectivity index (χ0n) is 15.4. The van der Waals surface area contributed by atoms with Gasteiger partial charge >= 0.3 is 12.4 Å². The summed E-state index contributed by atoms with van der Waals surface area (Å²) in [5.41, 5.74) is -1.76. The highest BCUT2D eigenvalue weighted by Gasteiger charge is 2.44. The van der Waals surface area contributed by atoms with Crippen LogP contribution in [0.2, 0.25) is 0 Å². The van der Waals surface area contributed by atoms with Gasteiger partial charge in [0.1, 0.15) is 17.4 Å². The van der Waals surface area contributed by atoms with Gasteiger partial charge in [-0.1, -0.05) is 18.2 Å². The van der Waals surface area contributed by atoms with E-state index < -0.39 is 47.3 Å². The van der Waals surface area contributed by atoms with Crippen LogP contribution in [0.5, 0.6) is 0 Å². The molecule has 1 aliphatic heterocycles. The second kappa shape index (κ2) is 7.62. The van der Waals surface area contributed by atoms with Gasteiger partial charge < -0.3 is 10.2 Å². The van der Waals surface area contributed by atoms with E-state index in [0.29, 0.717) is 5.56 Å². The molecule has 0 radical (unpaired) electrons. The molecule has 2 heterocycles. The van der Waals surface area contributed by atoms with E-state index in [1.165, 1.54) is 24.1 Å². The lowest BCUT2D eigenvalue weighted by atomic mass is 9.87. The highest BCUT2D eigenvalue weighted by molar-refractivity contribution is 6.08. The minimum Gasteiger partial charge on any atom is -0.344 e. The van der Waals surface area contributed by atoms with Crippen LogP contribution in [0.1, 0.15) is 22.7 Å². The van der Waals surface area contributed by atoms with Crippen molar-refractivity contribution in [3.8, 4) is 0 Å². The molecule has 30 heavy (non-hydrogen) atoms. The first-order valence-corrected chi connectivity index (χ1v) is 8.65. The number of benzene rings is 1. The Labute approximate surface area is 166 Å². The summed E-state index contributed by atoms with van der Waals surface area (Å²) in [5.74, 6) is -3.95. The van der Waals surface area contributed by atoms with E-state index in [1.807, 2.05) is 0 Å². The third-order valence-electron chi connectivity index (χ3n) is 4.75. The van der Waals surface area contributed by atoms with Crippen LogP contribution < -0.4 is 5.32 Å². The maximum Gasteiger partial charge on any atom is 0.433 e. The van der Waals surface area contributed by atoms with E-state index in [1.54, 1.807) is 0 Å². The molecule has 0 saturated carbocycles. The number of hydrogen-bond acceptors (Lipinski definition) is 3. The van der Waals surface area contributed by atoms with Crippen molar-refractivity contribution >= 4 is 17.6 Å². The number of likely N-dealkylation sites (N-methyl/N-ethyl adjacent to an activating group) is 1. The molecular formula is C19H15F6N3O2. The zero-order valence-corrected chi connectivity index (χ0v) is 15.4. The Balaban J connectivity index is 1.85. The number of aromatic nitrogens is 1. The van der Waals surface area contributed by atoms with E-state index in [9.17, 15) is 35.9 Å². The first-order valence-electron chi connectivity index (χ1n) is 8.65. The van der Waals surface area contributed by atoms with E-state index in [4.69, 9.17) is 0 Å². The summed E-state index contributed by atoms with van der Waals surface area (Å²) in [6.45, 7) is 0.0678. The second-order valence-corrected chi connectivity index (χ2v) is 6.82. The molecule has 11 heteroatoms. The predicted molar refractivity (Wildman–Crippen MR) is 93.2 cm³/mol. The Hall–Kier alpha value is -3.11. The number of pyridine rings is 1. The van der Waals surface area contributed by atoms with Crippen LogP contribution in [0.15, 0.2) is 42.5 Å². The number of hydrogen-bond donors (Lipinski definition) is 1. The molecule has 5 nitrogen and oxygen atoms in total. The Morgan fingerprint density at radius 2 is 1.67 bits per heavy atom. The number of nitrogens with zero attached hydrogens (tertiary/aromatic N) is 2. The summed E-state index contributed by atoms with van der Waals surface area (Å²) >= 11 is 0. The number of nitrogens with one attached hydrogen (secondary N) is 1. The van der Waals surface area contributed by atoms with Crippen molar-refractivity contribution in [1.29, 1.82) is 0 Å². The van der Waals surface area contributed by atoms with Crippen molar-refractivity contribution in [2.45, 2.75) is 18.3 Å². The number of anilines is 1. The molecule has 160 valence electrons. The van der Waals surface area contributed by atoms with Gasteiger partial charge in [-0.3, -0.25) is 9.59 Å². The van der Waals surface area contributed by atoms with Gasteiger partial charge in [0.05, 0.1) is 5.56 Å². The maximum absolute atomic E-state index is 12.8. The van der Waals surface area contributed by atoms with Crippen LogP contribution >= 0.6 is 0 Å². The lowest BCUT2D eigenvalue weighted by Gasteiger charge is -2.18. The first-order chi connectivity index (χ1) is 13.9. The molecule has 1 fully saturated rings. The minimum atomic E-state index is -4.72. The third-order valence-corrected chi connectivity index (χ3v) is 4.75. The third kappa shape index (κ3) is 4.39. The van der Waals surface area contributed by atoms with Gasteiger partial charge in [0.15, 0.2) is 0 Å². The fraction of sp³-hybridized carbons (Fsp3) is 0.316. The van der Waals surface area contributed by atoms with Gasteiger partial charge in [0.2, 0.25) is 11.8 Å². The van der Waals surface area contributed by atoms with Gasteiger partial charge in [0, 0.05) is 19.5 Å². The van der Waals surface area contributed by atoms with Gasteiger partial charge in [-0.15, -0.1) is 0 Å². The average molecular weight is 431 g/mol. The molecule has 0 aliphatic carbocycles. The van der Waals surface area contributed by atoms with Crippen molar-refractivity contribution in [3.63, 3.8) is 0 Å². The standard InChI is InChI=1S/C19H15F6N3O2/c1-28-9-12(10-5-7-11(8-6-10)18(20,21)22)15(17(28)30)16(29)27-14-4-2-3-13(26-14)19(23,24)25/h2-8,12,15H,9H2,1H3,(H,26,27,29)/t12-,15+/m0/s1. The number of carbonyl (C=O) groups excluding carboxylic acids is 2. The topological polar surface area (TPSA) is 62.3 Å². The van der Waals surface area contributed by atoms with Gasteiger partial charge in [0.25, 0.3) is 0 Å². The molecule has 1 N–H and O–H groups in total. The van der Waals surface area contributed by atoms with E-state index in [-0.39, 0.29) is 12.4 Å². The molecule has 1 aromatic heterocycles. The molecule has 3 rings (SSSR count). The largest absolute Gasteiger partial charge is 0.433 e. The van der Waals surface area contributed by atoms with Crippen LogP contribution in [0.25, 0.3) is 0 Å². The lowest BCUT2D eigenvalue weighted by Crippen LogP contribution is -2.33. The summed E-state index contributed by atoms with van der Waals surface area (Å²) in [7, 11) is 1.43. The highest BCUT2D eigenvalue weighted by atomic mass is 19.4. The van der Waals surface area contributed by atoms with E-state index >= 15 is 0 Å². The molecule has 0 unspecified atom stereocenters. The van der Waals surface area contributed by atoms with E-state index in [2.05, 4.69) is 10.3 Å². The molecule has 2 atom stereocenters. The molecule has 0 spiro atoms. The smallest absolute Gasteiger partial charge is 0.344 e. The Bertz CT molecular complexity index is 956. The van der Waals surface area contributed by atoms with Gasteiger partial charge in [-0.05, 0) is 29.8 Å². The maximum atomic E-state index is 12.8. The SMILES string of the molecule is CN1C[C@@H](c2ccc(C(F)(F)F)cc2)[C@H](C(=O)Nc2cccc(C(F)(F)F)n2)C1=O. The molecule has 1 aliphatic rings. The van der Waals surface area contributed by atoms with Crippen LogP contribution in [0.4, 0.5) is 32.2 Å². The van der Waals surface area contributed by atoms with Gasteiger partial charge in [-0.2, -0.15) is 26.3 Å². The summed E-state index contributed by atoms with van der Waals surface area (Å²) < 4.78 is 76.7. The molecule has 2 aromatic rings. The summed E-state index contributed by atoms with van der Waals surface area (Å²) in [6.07, 6.45) is -9.25. The number of alkyl halides is 6. The second-order valence-electron chi connectivity index (χ2n) is 6.82. The first kappa shape index (κ1) is 21.6. The Morgan fingerprint density at radius 1 is 1.03 bits per heavy atom. The van der Waals surface area contributed by atoms with Crippen molar-refractivity contribution in [1.82, 2.24) is 9.88 Å². The minimum absolute atomic E-state index is 0.0678. The van der Waals surface area contributed by atoms with Crippen LogP contribution in [0, 0.1) is 5.92 Å². The summed E-state index contributed by atoms with van der Waals surface area (Å²) in [5, 5.41) is 2.21. The van der Waals surface area contributed by atoms with E-state index in [0.717, 1.165) is 30.3 Å². The quantitative estimate of drug-likeness (QED) is 0.592. The van der Waals surface area contributed by atoms with Crippen LogP contribution in [0.3, 0.4) is 0 Å². The van der Waals surface area contributed by atoms with Crippen molar-refractivity contribution in [2.75, 3.05) is 18.9 Å². The highest BCUT2D eigenvalue weighted by Crippen LogP contribution is 2.36. The fourth-order valence-electron chi connectivity index (χ4n) is 3.28. The number of amides is 2. The molecule has 1 aromatic carbocycles. The normalized spacial score (nSPS) is 19.8. The number of rotatable bonds is 3. The van der Waals surface area contributed by atoms with Crippen molar-refractivity contribution < 1.29 is 35.9 Å². The molecule has 1 saturated heterocycles. The predicted octanol–water partition coefficient (Wildman–Crippen LogP) is 3.93. The van der Waals surface area contributed by atoms with Crippen molar-refractivity contribution in [3.05, 3.63) is 59.3 Å². The average Bonchev–Trinajstić information content (AvgIpc) is 2.95. The van der Waals surface area contributed by atoms with Gasteiger partial charge in [-0.25, -0.2) is 4.98 Å². The number of likely N-dealkylation sites (tertiary alicyclic amines) is 1. The number of carbonyl (C=O) groups is 2. The summed E-state index contributed by atoms with van der Waals surface area (Å²) in [6, 6.07) is 6.99. The molecule has 2 amide bonds. The lowest BCUT2D eigenvalue weighted by molar-refractivity contribution is -0.141. The van der Waals surface area contributed by atoms with Crippen molar-refractivity contribution in [2.24, 2.45) is 5.92 Å². The van der Waals surface area contributed by atoms with Crippen LogP contribution in [-0.4, -0.2) is 35.3 Å². The molecular weight excluding hydrogens is 416 g/mol. The summed E-state index contributed by atoms with van der Waals surface area (Å²) in [4.78, 5) is 29.7. The Kier molecular flexibility index (Phi) is 5.48. The fourth-order valence-corrected chi connectivity index (χ4v) is 3.28.